The average molecular weight is 382 g/mol. The Morgan fingerprint density at radius 1 is 1.48 bits per heavy atom. The van der Waals surface area contributed by atoms with Gasteiger partial charge in [-0.3, -0.25) is 10.2 Å². The Hall–Kier alpha value is -2.06. The van der Waals surface area contributed by atoms with Crippen LogP contribution in [0.15, 0.2) is 28.9 Å². The number of benzene rings is 1. The molecule has 2 aromatic rings. The molecule has 6 nitrogen and oxygen atoms in total. The summed E-state index contributed by atoms with van der Waals surface area (Å²) < 4.78 is 14.6. The van der Waals surface area contributed by atoms with Crippen LogP contribution in [0.3, 0.4) is 0 Å². The lowest BCUT2D eigenvalue weighted by Crippen LogP contribution is -2.48. The number of carbonyl (C=O) groups excluding carboxylic acids is 1. The predicted octanol–water partition coefficient (Wildman–Crippen LogP) is 3.33. The van der Waals surface area contributed by atoms with Crippen molar-refractivity contribution in [3.8, 4) is 11.4 Å². The number of imidazole rings is 1. The Morgan fingerprint density at radius 3 is 2.74 bits per heavy atom. The highest BCUT2D eigenvalue weighted by atomic mass is 79.9. The SMILES string of the molecule is CC(=N)N(NC(C)C)C(=O)c1cnc(-c2ccc(Br)cc2F)[nH]1. The van der Waals surface area contributed by atoms with E-state index in [0.29, 0.717) is 4.47 Å². The van der Waals surface area contributed by atoms with Crippen molar-refractivity contribution in [3.05, 3.63) is 40.4 Å². The van der Waals surface area contributed by atoms with Gasteiger partial charge in [-0.05, 0) is 39.0 Å². The van der Waals surface area contributed by atoms with Gasteiger partial charge in [0.25, 0.3) is 5.91 Å². The molecule has 0 fully saturated rings. The van der Waals surface area contributed by atoms with Crippen molar-refractivity contribution in [2.45, 2.75) is 26.8 Å². The summed E-state index contributed by atoms with van der Waals surface area (Å²) >= 11 is 3.19. The Kier molecular flexibility index (Phi) is 5.27. The fourth-order valence-corrected chi connectivity index (χ4v) is 2.27. The number of aromatic amines is 1. The third-order valence-electron chi connectivity index (χ3n) is 2.92. The molecule has 8 heteroatoms. The molecule has 1 heterocycles. The normalized spacial score (nSPS) is 10.9. The number of amides is 1. The van der Waals surface area contributed by atoms with Gasteiger partial charge >= 0.3 is 0 Å². The Bertz CT molecular complexity index is 743. The molecule has 1 amide bonds. The molecule has 0 radical (unpaired) electrons. The zero-order valence-electron chi connectivity index (χ0n) is 12.9. The molecule has 23 heavy (non-hydrogen) atoms. The Labute approximate surface area is 141 Å². The van der Waals surface area contributed by atoms with Crippen LogP contribution in [-0.2, 0) is 0 Å². The summed E-state index contributed by atoms with van der Waals surface area (Å²) in [5.41, 5.74) is 3.31. The molecule has 0 bridgehead atoms. The van der Waals surface area contributed by atoms with Crippen molar-refractivity contribution in [3.63, 3.8) is 0 Å². The highest BCUT2D eigenvalue weighted by molar-refractivity contribution is 9.10. The first-order valence-corrected chi connectivity index (χ1v) is 7.75. The van der Waals surface area contributed by atoms with Crippen LogP contribution in [0.4, 0.5) is 4.39 Å². The number of nitrogens with zero attached hydrogens (tertiary/aromatic N) is 2. The van der Waals surface area contributed by atoms with Crippen LogP contribution in [0.2, 0.25) is 0 Å². The molecule has 0 spiro atoms. The van der Waals surface area contributed by atoms with Crippen LogP contribution < -0.4 is 5.43 Å². The quantitative estimate of drug-likeness (QED) is 0.431. The van der Waals surface area contributed by atoms with Crippen LogP contribution in [0.25, 0.3) is 11.4 Å². The van der Waals surface area contributed by atoms with E-state index in [1.54, 1.807) is 12.1 Å². The Balaban J connectivity index is 2.30. The second kappa shape index (κ2) is 7.01. The second-order valence-electron chi connectivity index (χ2n) is 5.28. The van der Waals surface area contributed by atoms with Gasteiger partial charge in [-0.15, -0.1) is 0 Å². The number of amidine groups is 1. The summed E-state index contributed by atoms with van der Waals surface area (Å²) in [6.07, 6.45) is 1.33. The van der Waals surface area contributed by atoms with Crippen molar-refractivity contribution < 1.29 is 9.18 Å². The summed E-state index contributed by atoms with van der Waals surface area (Å²) in [6.45, 7) is 5.22. The first-order chi connectivity index (χ1) is 10.8. The second-order valence-corrected chi connectivity index (χ2v) is 6.20. The van der Waals surface area contributed by atoms with Gasteiger partial charge in [0.2, 0.25) is 0 Å². The molecule has 2 rings (SSSR count). The van der Waals surface area contributed by atoms with E-state index in [4.69, 9.17) is 5.41 Å². The first kappa shape index (κ1) is 17.3. The van der Waals surface area contributed by atoms with E-state index in [-0.39, 0.29) is 29.0 Å². The molecule has 1 aromatic heterocycles. The number of H-pyrrole nitrogens is 1. The van der Waals surface area contributed by atoms with Crippen molar-refractivity contribution in [2.75, 3.05) is 0 Å². The van der Waals surface area contributed by atoms with Crippen molar-refractivity contribution in [2.24, 2.45) is 0 Å². The summed E-state index contributed by atoms with van der Waals surface area (Å²) in [5, 5.41) is 8.82. The summed E-state index contributed by atoms with van der Waals surface area (Å²) in [6, 6.07) is 4.56. The van der Waals surface area contributed by atoms with E-state index in [9.17, 15) is 9.18 Å². The lowest BCUT2D eigenvalue weighted by atomic mass is 10.2. The first-order valence-electron chi connectivity index (χ1n) is 6.95. The minimum Gasteiger partial charge on any atom is -0.334 e. The number of carbonyl (C=O) groups is 1. The zero-order chi connectivity index (χ0) is 17.1. The van der Waals surface area contributed by atoms with Gasteiger partial charge in [-0.25, -0.2) is 19.8 Å². The monoisotopic (exact) mass is 381 g/mol. The summed E-state index contributed by atoms with van der Waals surface area (Å²) in [5.74, 6) is -0.601. The van der Waals surface area contributed by atoms with Gasteiger partial charge in [0.1, 0.15) is 23.2 Å². The van der Waals surface area contributed by atoms with Crippen LogP contribution in [0.1, 0.15) is 31.3 Å². The number of nitrogens with one attached hydrogen (secondary N) is 3. The van der Waals surface area contributed by atoms with Crippen LogP contribution in [0, 0.1) is 11.2 Å². The maximum atomic E-state index is 14.0. The molecular weight excluding hydrogens is 365 g/mol. The highest BCUT2D eigenvalue weighted by Crippen LogP contribution is 2.23. The number of hydrogen-bond donors (Lipinski definition) is 3. The largest absolute Gasteiger partial charge is 0.334 e. The van der Waals surface area contributed by atoms with Crippen LogP contribution in [-0.4, -0.2) is 32.8 Å². The molecule has 0 aliphatic rings. The third kappa shape index (κ3) is 4.02. The lowest BCUT2D eigenvalue weighted by Gasteiger charge is -2.23. The smallest absolute Gasteiger partial charge is 0.291 e. The number of hydrogen-bond acceptors (Lipinski definition) is 4. The third-order valence-corrected chi connectivity index (χ3v) is 3.41. The van der Waals surface area contributed by atoms with E-state index >= 15 is 0 Å². The molecule has 1 aromatic carbocycles. The van der Waals surface area contributed by atoms with Crippen LogP contribution in [0.5, 0.6) is 0 Å². The van der Waals surface area contributed by atoms with Gasteiger partial charge < -0.3 is 4.98 Å². The van der Waals surface area contributed by atoms with E-state index in [1.165, 1.54) is 19.2 Å². The lowest BCUT2D eigenvalue weighted by molar-refractivity contribution is 0.0768. The molecule has 122 valence electrons. The van der Waals surface area contributed by atoms with E-state index in [0.717, 1.165) is 5.01 Å². The number of rotatable bonds is 4. The molecule has 0 saturated heterocycles. The van der Waals surface area contributed by atoms with Crippen molar-refractivity contribution in [1.82, 2.24) is 20.4 Å². The molecule has 0 saturated carbocycles. The number of aromatic nitrogens is 2. The van der Waals surface area contributed by atoms with E-state index in [1.807, 2.05) is 13.8 Å². The fourth-order valence-electron chi connectivity index (χ4n) is 1.93. The summed E-state index contributed by atoms with van der Waals surface area (Å²) in [7, 11) is 0. The maximum absolute atomic E-state index is 14.0. The number of halogens is 2. The molecule has 0 aliphatic heterocycles. The van der Waals surface area contributed by atoms with Crippen LogP contribution >= 0.6 is 15.9 Å². The van der Waals surface area contributed by atoms with Gasteiger partial charge in [0.15, 0.2) is 0 Å². The van der Waals surface area contributed by atoms with Gasteiger partial charge in [-0.2, -0.15) is 0 Å². The van der Waals surface area contributed by atoms with Gasteiger partial charge in [-0.1, -0.05) is 15.9 Å². The van der Waals surface area contributed by atoms with Crippen molar-refractivity contribution >= 4 is 27.7 Å². The fraction of sp³-hybridized carbons (Fsp3) is 0.267. The average Bonchev–Trinajstić information content (AvgIpc) is 2.93. The minimum absolute atomic E-state index is 0.0226. The van der Waals surface area contributed by atoms with Gasteiger partial charge in [0, 0.05) is 10.5 Å². The Morgan fingerprint density at radius 2 is 2.17 bits per heavy atom. The molecule has 0 unspecified atom stereocenters. The zero-order valence-corrected chi connectivity index (χ0v) is 14.5. The topological polar surface area (TPSA) is 84.9 Å². The number of hydrazine groups is 1. The highest BCUT2D eigenvalue weighted by Gasteiger charge is 2.21. The molecule has 0 atom stereocenters. The molecular formula is C15H17BrFN5O. The molecule has 0 aliphatic carbocycles. The maximum Gasteiger partial charge on any atom is 0.291 e. The van der Waals surface area contributed by atoms with E-state index < -0.39 is 11.7 Å². The minimum atomic E-state index is -0.456. The molecule has 3 N–H and O–H groups in total. The van der Waals surface area contributed by atoms with Crippen molar-refractivity contribution in [1.29, 1.82) is 5.41 Å². The van der Waals surface area contributed by atoms with E-state index in [2.05, 4.69) is 31.3 Å². The standard InChI is InChI=1S/C15H17BrFN5O/c1-8(2)21-22(9(3)18)15(23)13-7-19-14(20-13)11-5-4-10(16)6-12(11)17/h4-8,18,21H,1-3H3,(H,19,20). The summed E-state index contributed by atoms with van der Waals surface area (Å²) in [4.78, 5) is 19.3. The predicted molar refractivity (Wildman–Crippen MR) is 89.5 cm³/mol. The van der Waals surface area contributed by atoms with Gasteiger partial charge in [0.05, 0.1) is 11.8 Å².